The maximum absolute atomic E-state index is 13.3. The highest BCUT2D eigenvalue weighted by molar-refractivity contribution is 5.67. The van der Waals surface area contributed by atoms with Crippen LogP contribution in [0.1, 0.15) is 5.56 Å². The molecule has 0 spiro atoms. The highest BCUT2D eigenvalue weighted by Gasteiger charge is 2.17. The van der Waals surface area contributed by atoms with E-state index in [1.165, 1.54) is 6.07 Å². The number of nitrogens with zero attached hydrogens (tertiary/aromatic N) is 1. The fraction of sp³-hybridized carbons (Fsp3) is 0.417. The molecule has 1 fully saturated rings. The predicted octanol–water partition coefficient (Wildman–Crippen LogP) is 1.37. The Labute approximate surface area is 99.4 Å². The number of hydrogen-bond donors (Lipinski definition) is 1. The average molecular weight is 238 g/mol. The highest BCUT2D eigenvalue weighted by atomic mass is 19.1. The van der Waals surface area contributed by atoms with Crippen LogP contribution < -0.4 is 5.32 Å². The molecule has 0 unspecified atom stereocenters. The summed E-state index contributed by atoms with van der Waals surface area (Å²) in [6.45, 7) is 2.80. The van der Waals surface area contributed by atoms with Crippen molar-refractivity contribution in [1.29, 1.82) is 0 Å². The molecule has 1 heterocycles. The van der Waals surface area contributed by atoms with Crippen LogP contribution in [0.4, 0.5) is 9.18 Å². The number of halogens is 1. The lowest BCUT2D eigenvalue weighted by Crippen LogP contribution is -2.46. The molecule has 92 valence electrons. The van der Waals surface area contributed by atoms with Gasteiger partial charge in [0.2, 0.25) is 0 Å². The second-order valence-corrected chi connectivity index (χ2v) is 3.88. The first-order valence-corrected chi connectivity index (χ1v) is 5.63. The lowest BCUT2D eigenvalue weighted by atomic mass is 10.2. The van der Waals surface area contributed by atoms with Crippen molar-refractivity contribution in [3.8, 4) is 0 Å². The quantitative estimate of drug-likeness (QED) is 0.846. The zero-order valence-corrected chi connectivity index (χ0v) is 9.49. The molecule has 1 saturated heterocycles. The molecule has 1 N–H and O–H groups in total. The Morgan fingerprint density at radius 1 is 1.35 bits per heavy atom. The third kappa shape index (κ3) is 3.17. The molecule has 0 aromatic heterocycles. The molecule has 1 aromatic rings. The highest BCUT2D eigenvalue weighted by Crippen LogP contribution is 2.08. The molecule has 0 saturated carbocycles. The van der Waals surface area contributed by atoms with Gasteiger partial charge in [-0.3, -0.25) is 0 Å². The van der Waals surface area contributed by atoms with Gasteiger partial charge in [-0.2, -0.15) is 0 Å². The van der Waals surface area contributed by atoms with E-state index >= 15 is 0 Å². The minimum Gasteiger partial charge on any atom is -0.444 e. The van der Waals surface area contributed by atoms with Gasteiger partial charge in [0.1, 0.15) is 12.4 Å². The SMILES string of the molecule is O=C(OCc1ccccc1F)N1CCNCC1. The van der Waals surface area contributed by atoms with Crippen molar-refractivity contribution in [2.24, 2.45) is 0 Å². The van der Waals surface area contributed by atoms with Crippen molar-refractivity contribution in [2.75, 3.05) is 26.2 Å². The van der Waals surface area contributed by atoms with Gasteiger partial charge in [0, 0.05) is 31.7 Å². The van der Waals surface area contributed by atoms with Crippen LogP contribution in [0.15, 0.2) is 24.3 Å². The van der Waals surface area contributed by atoms with Crippen molar-refractivity contribution in [3.63, 3.8) is 0 Å². The van der Waals surface area contributed by atoms with Crippen LogP contribution in [-0.4, -0.2) is 37.2 Å². The van der Waals surface area contributed by atoms with E-state index < -0.39 is 0 Å². The van der Waals surface area contributed by atoms with E-state index in [4.69, 9.17) is 4.74 Å². The minimum atomic E-state index is -0.380. The topological polar surface area (TPSA) is 41.6 Å². The number of carbonyl (C=O) groups is 1. The second kappa shape index (κ2) is 5.63. The van der Waals surface area contributed by atoms with E-state index in [1.807, 2.05) is 0 Å². The largest absolute Gasteiger partial charge is 0.444 e. The number of nitrogens with one attached hydrogen (secondary N) is 1. The summed E-state index contributed by atoms with van der Waals surface area (Å²) in [5.41, 5.74) is 0.399. The molecule has 17 heavy (non-hydrogen) atoms. The maximum atomic E-state index is 13.3. The fourth-order valence-electron chi connectivity index (χ4n) is 1.69. The van der Waals surface area contributed by atoms with Crippen LogP contribution in [0.5, 0.6) is 0 Å². The standard InChI is InChI=1S/C12H15FN2O2/c13-11-4-2-1-3-10(11)9-17-12(16)15-7-5-14-6-8-15/h1-4,14H,5-9H2. The van der Waals surface area contributed by atoms with Gasteiger partial charge in [0.05, 0.1) is 0 Å². The molecule has 0 aliphatic carbocycles. The molecule has 2 rings (SSSR count). The van der Waals surface area contributed by atoms with Crippen LogP contribution in [0.2, 0.25) is 0 Å². The first kappa shape index (κ1) is 11.9. The van der Waals surface area contributed by atoms with Gasteiger partial charge in [-0.25, -0.2) is 9.18 Å². The van der Waals surface area contributed by atoms with Gasteiger partial charge in [0.15, 0.2) is 0 Å². The van der Waals surface area contributed by atoms with Gasteiger partial charge in [-0.05, 0) is 6.07 Å². The van der Waals surface area contributed by atoms with Crippen molar-refractivity contribution in [1.82, 2.24) is 10.2 Å². The smallest absolute Gasteiger partial charge is 0.410 e. The Morgan fingerprint density at radius 2 is 2.06 bits per heavy atom. The number of amides is 1. The van der Waals surface area contributed by atoms with Gasteiger partial charge >= 0.3 is 6.09 Å². The Hall–Kier alpha value is -1.62. The maximum Gasteiger partial charge on any atom is 0.410 e. The molecule has 1 aliphatic heterocycles. The molecule has 1 aliphatic rings. The molecule has 5 heteroatoms. The number of ether oxygens (including phenoxy) is 1. The van der Waals surface area contributed by atoms with Crippen molar-refractivity contribution in [3.05, 3.63) is 35.6 Å². The number of piperazine rings is 1. The minimum absolute atomic E-state index is 0.0184. The second-order valence-electron chi connectivity index (χ2n) is 3.88. The summed E-state index contributed by atoms with van der Waals surface area (Å²) < 4.78 is 18.3. The summed E-state index contributed by atoms with van der Waals surface area (Å²) in [6, 6.07) is 6.29. The van der Waals surface area contributed by atoms with E-state index in [9.17, 15) is 9.18 Å². The summed E-state index contributed by atoms with van der Waals surface area (Å²) in [5.74, 6) is -0.347. The van der Waals surface area contributed by atoms with Crippen LogP contribution in [0.3, 0.4) is 0 Å². The summed E-state index contributed by atoms with van der Waals surface area (Å²) in [5, 5.41) is 3.14. The molecule has 0 radical (unpaired) electrons. The van der Waals surface area contributed by atoms with E-state index in [2.05, 4.69) is 5.32 Å². The van der Waals surface area contributed by atoms with Crippen LogP contribution in [0.25, 0.3) is 0 Å². The first-order valence-electron chi connectivity index (χ1n) is 5.63. The zero-order chi connectivity index (χ0) is 12.1. The van der Waals surface area contributed by atoms with Crippen molar-refractivity contribution < 1.29 is 13.9 Å². The average Bonchev–Trinajstić information content (AvgIpc) is 2.38. The lowest BCUT2D eigenvalue weighted by molar-refractivity contribution is 0.0910. The first-order chi connectivity index (χ1) is 8.27. The normalized spacial score (nSPS) is 15.7. The summed E-state index contributed by atoms with van der Waals surface area (Å²) in [6.07, 6.45) is -0.380. The van der Waals surface area contributed by atoms with Gasteiger partial charge in [0.25, 0.3) is 0 Å². The fourth-order valence-corrected chi connectivity index (χ4v) is 1.69. The Morgan fingerprint density at radius 3 is 2.76 bits per heavy atom. The number of carbonyl (C=O) groups excluding carboxylic acids is 1. The molecule has 0 bridgehead atoms. The third-order valence-corrected chi connectivity index (χ3v) is 2.68. The van der Waals surface area contributed by atoms with Crippen LogP contribution >= 0.6 is 0 Å². The van der Waals surface area contributed by atoms with Crippen molar-refractivity contribution in [2.45, 2.75) is 6.61 Å². The molecular formula is C12H15FN2O2. The van der Waals surface area contributed by atoms with E-state index in [-0.39, 0.29) is 18.5 Å². The van der Waals surface area contributed by atoms with Gasteiger partial charge in [-0.15, -0.1) is 0 Å². The predicted molar refractivity (Wildman–Crippen MR) is 61.0 cm³/mol. The summed E-state index contributed by atoms with van der Waals surface area (Å²) >= 11 is 0. The Balaban J connectivity index is 1.85. The van der Waals surface area contributed by atoms with E-state index in [0.717, 1.165) is 13.1 Å². The monoisotopic (exact) mass is 238 g/mol. The van der Waals surface area contributed by atoms with E-state index in [0.29, 0.717) is 18.7 Å². The molecule has 0 atom stereocenters. The number of benzene rings is 1. The number of rotatable bonds is 2. The van der Waals surface area contributed by atoms with Gasteiger partial charge < -0.3 is 15.0 Å². The lowest BCUT2D eigenvalue weighted by Gasteiger charge is -2.26. The Kier molecular flexibility index (Phi) is 3.93. The summed E-state index contributed by atoms with van der Waals surface area (Å²) in [7, 11) is 0. The summed E-state index contributed by atoms with van der Waals surface area (Å²) in [4.78, 5) is 13.3. The van der Waals surface area contributed by atoms with Gasteiger partial charge in [-0.1, -0.05) is 18.2 Å². The van der Waals surface area contributed by atoms with Crippen LogP contribution in [0, 0.1) is 5.82 Å². The molecule has 4 nitrogen and oxygen atoms in total. The molecular weight excluding hydrogens is 223 g/mol. The number of hydrogen-bond acceptors (Lipinski definition) is 3. The van der Waals surface area contributed by atoms with Crippen LogP contribution in [-0.2, 0) is 11.3 Å². The zero-order valence-electron chi connectivity index (χ0n) is 9.49. The molecule has 1 aromatic carbocycles. The van der Waals surface area contributed by atoms with E-state index in [1.54, 1.807) is 23.1 Å². The molecule has 1 amide bonds. The Bertz CT molecular complexity index is 392. The van der Waals surface area contributed by atoms with Crippen molar-refractivity contribution >= 4 is 6.09 Å². The third-order valence-electron chi connectivity index (χ3n) is 2.68.